The Labute approximate surface area is 366 Å². The van der Waals surface area contributed by atoms with Gasteiger partial charge in [0.1, 0.15) is 11.5 Å². The van der Waals surface area contributed by atoms with Crippen molar-refractivity contribution in [3.05, 3.63) is 192 Å². The fourth-order valence-corrected chi connectivity index (χ4v) is 4.57. The normalized spacial score (nSPS) is 10.1. The quantitative estimate of drug-likeness (QED) is 0.0855. The Bertz CT molecular complexity index is 2030. The van der Waals surface area contributed by atoms with Gasteiger partial charge >= 0.3 is 42.1 Å². The molecule has 0 N–H and O–H groups in total. The van der Waals surface area contributed by atoms with Crippen molar-refractivity contribution in [2.75, 3.05) is 14.2 Å². The molecule has 0 heterocycles. The molecule has 0 fully saturated rings. The van der Waals surface area contributed by atoms with E-state index in [2.05, 4.69) is 22.1 Å². The zero-order chi connectivity index (χ0) is 40.7. The van der Waals surface area contributed by atoms with E-state index in [0.29, 0.717) is 45.1 Å². The molecule has 0 aliphatic heterocycles. The fraction of sp³-hybridized carbons (Fsp3) is 0.0870. The summed E-state index contributed by atoms with van der Waals surface area (Å²) in [6.07, 6.45) is 0. The van der Waals surface area contributed by atoms with E-state index in [4.69, 9.17) is 29.3 Å². The van der Waals surface area contributed by atoms with Crippen molar-refractivity contribution in [2.45, 2.75) is 13.8 Å². The van der Waals surface area contributed by atoms with Crippen molar-refractivity contribution in [1.82, 2.24) is 0 Å². The number of aliphatic imine (C=N–C) groups is 2. The molecule has 6 rings (SSSR count). The minimum Gasteiger partial charge on any atom is -0.550 e. The van der Waals surface area contributed by atoms with Gasteiger partial charge in [-0.3, -0.25) is 19.6 Å². The van der Waals surface area contributed by atoms with Crippen LogP contribution in [0.5, 0.6) is 11.5 Å². The number of carboxylic acids is 2. The summed E-state index contributed by atoms with van der Waals surface area (Å²) in [6, 6.07) is 53.7. The number of aliphatic carboxylic acids is 2. The first-order chi connectivity index (χ1) is 27.0. The van der Waals surface area contributed by atoms with Crippen LogP contribution in [-0.4, -0.2) is 49.1 Å². The third-order valence-corrected chi connectivity index (χ3v) is 7.06. The minimum absolute atomic E-state index is 0. The van der Waals surface area contributed by atoms with Crippen LogP contribution in [0.25, 0.3) is 0 Å². The third kappa shape index (κ3) is 17.8. The van der Waals surface area contributed by atoms with E-state index in [1.54, 1.807) is 50.6 Å². The summed E-state index contributed by atoms with van der Waals surface area (Å²) < 4.78 is 10.3. The van der Waals surface area contributed by atoms with E-state index in [1.165, 1.54) is 0 Å². The number of ketones is 2. The van der Waals surface area contributed by atoms with E-state index >= 15 is 0 Å². The summed E-state index contributed by atoms with van der Waals surface area (Å²) in [5.41, 5.74) is 4.65. The molecule has 0 saturated heterocycles. The Morgan fingerprint density at radius 3 is 1.02 bits per heavy atom. The molecule has 0 unspecified atom stereocenters. The van der Waals surface area contributed by atoms with Crippen LogP contribution in [0.3, 0.4) is 0 Å². The number of carbonyl (C=O) groups is 4. The standard InChI is InChI=1S/2C21H16NO2.2C2H4O2.2Pt/c2*1-24-19-14-12-18(13-15-19)22-20(16-8-4-2-5-9-16)21(23)17-10-6-3-7-11-17;2*1-2(3)4;;/h2*2-8,10-15H,1H3;2*1H3,(H,3,4);;/q2*-1;;;2*+2/p-2. The fourth-order valence-electron chi connectivity index (χ4n) is 4.57. The summed E-state index contributed by atoms with van der Waals surface area (Å²) in [6.45, 7) is 1.94. The predicted octanol–water partition coefficient (Wildman–Crippen LogP) is 6.51. The molecule has 0 bridgehead atoms. The Balaban J connectivity index is 0.000000476. The molecule has 6 aromatic rings. The number of methoxy groups -OCH3 is 2. The van der Waals surface area contributed by atoms with Gasteiger partial charge in [0, 0.05) is 34.5 Å². The maximum Gasteiger partial charge on any atom is 2.00 e. The average Bonchev–Trinajstić information content (AvgIpc) is 3.23. The molecule has 0 amide bonds. The summed E-state index contributed by atoms with van der Waals surface area (Å²) in [4.78, 5) is 52.7. The van der Waals surface area contributed by atoms with Gasteiger partial charge in [0.05, 0.1) is 25.6 Å². The second-order valence-corrected chi connectivity index (χ2v) is 11.2. The van der Waals surface area contributed by atoms with Crippen molar-refractivity contribution < 1.29 is 81.0 Å². The number of rotatable bonds is 10. The van der Waals surface area contributed by atoms with E-state index in [1.807, 2.05) is 121 Å². The first-order valence-corrected chi connectivity index (χ1v) is 17.0. The number of carbonyl (C=O) groups excluding carboxylic acids is 4. The average molecular weight is 1140 g/mol. The van der Waals surface area contributed by atoms with Gasteiger partial charge in [-0.1, -0.05) is 60.7 Å². The number of benzene rings is 6. The number of carboxylic acid groups (broad SMARTS) is 2. The first-order valence-electron chi connectivity index (χ1n) is 17.0. The van der Waals surface area contributed by atoms with Crippen LogP contribution in [0.1, 0.15) is 45.7 Å². The van der Waals surface area contributed by atoms with Crippen molar-refractivity contribution in [3.63, 3.8) is 0 Å². The number of nitrogens with zero attached hydrogens (tertiary/aromatic N) is 2. The van der Waals surface area contributed by atoms with Gasteiger partial charge in [0.25, 0.3) is 0 Å². The van der Waals surface area contributed by atoms with Crippen LogP contribution >= 0.6 is 0 Å². The largest absolute Gasteiger partial charge is 2.00 e. The van der Waals surface area contributed by atoms with Gasteiger partial charge in [0.2, 0.25) is 0 Å². The van der Waals surface area contributed by atoms with Gasteiger partial charge < -0.3 is 29.3 Å². The molecule has 0 aromatic heterocycles. The molecule has 0 aliphatic rings. The molecule has 6 aromatic carbocycles. The monoisotopic (exact) mass is 1140 g/mol. The molecular weight excluding hydrogens is 1100 g/mol. The molecule has 0 atom stereocenters. The summed E-state index contributed by atoms with van der Waals surface area (Å²) >= 11 is 0. The molecule has 12 heteroatoms. The van der Waals surface area contributed by atoms with E-state index in [0.717, 1.165) is 25.3 Å². The molecule has 300 valence electrons. The zero-order valence-electron chi connectivity index (χ0n) is 31.8. The van der Waals surface area contributed by atoms with E-state index in [9.17, 15) is 9.59 Å². The van der Waals surface area contributed by atoms with Crippen LogP contribution in [0, 0.1) is 12.1 Å². The van der Waals surface area contributed by atoms with Crippen molar-refractivity contribution in [2.24, 2.45) is 9.98 Å². The van der Waals surface area contributed by atoms with Gasteiger partial charge in [-0.2, -0.15) is 0 Å². The number of Topliss-reactive ketones (excluding diaryl/α,β-unsaturated/α-hetero) is 2. The summed E-state index contributed by atoms with van der Waals surface area (Å²) in [5.74, 6) is -0.935. The Hall–Kier alpha value is -6.08. The third-order valence-electron chi connectivity index (χ3n) is 7.06. The van der Waals surface area contributed by atoms with E-state index < -0.39 is 11.9 Å². The Morgan fingerprint density at radius 2 is 0.759 bits per heavy atom. The van der Waals surface area contributed by atoms with Crippen LogP contribution in [-0.2, 0) is 51.7 Å². The van der Waals surface area contributed by atoms with E-state index in [-0.39, 0.29) is 53.7 Å². The zero-order valence-corrected chi connectivity index (χ0v) is 36.3. The van der Waals surface area contributed by atoms with Crippen LogP contribution in [0.4, 0.5) is 11.4 Å². The molecule has 0 radical (unpaired) electrons. The second-order valence-electron chi connectivity index (χ2n) is 11.2. The molecule has 10 nitrogen and oxygen atoms in total. The first kappa shape index (κ1) is 49.9. The SMILES string of the molecule is CC(=O)[O-].CC(=O)[O-].COc1ccc(N=C(C(=O)c2ccccc2)c2[c-]cccc2)cc1.COc1ccc(N=C(C(=O)c2ccccc2)c2[c-]cccc2)cc1.[Pt+2].[Pt+2]. The summed E-state index contributed by atoms with van der Waals surface area (Å²) in [5, 5.41) is 17.8. The smallest absolute Gasteiger partial charge is 0.550 e. The number of hydrogen-bond donors (Lipinski definition) is 0. The second kappa shape index (κ2) is 27.5. The maximum atomic E-state index is 12.9. The molecular formula is C46H38N2O8Pt2. The minimum atomic E-state index is -1.08. The van der Waals surface area contributed by atoms with Crippen LogP contribution < -0.4 is 19.7 Å². The molecule has 0 saturated carbocycles. The van der Waals surface area contributed by atoms with Gasteiger partial charge in [-0.25, -0.2) is 0 Å². The van der Waals surface area contributed by atoms with Gasteiger partial charge in [-0.15, -0.1) is 71.8 Å². The predicted molar refractivity (Wildman–Crippen MR) is 212 cm³/mol. The van der Waals surface area contributed by atoms with Crippen molar-refractivity contribution >= 4 is 46.3 Å². The number of hydrogen-bond acceptors (Lipinski definition) is 10. The molecule has 58 heavy (non-hydrogen) atoms. The van der Waals surface area contributed by atoms with Crippen molar-refractivity contribution in [1.29, 1.82) is 0 Å². The Kier molecular flexibility index (Phi) is 23.7. The molecule has 0 aliphatic carbocycles. The Morgan fingerprint density at radius 1 is 0.466 bits per heavy atom. The summed E-state index contributed by atoms with van der Waals surface area (Å²) in [7, 11) is 3.23. The van der Waals surface area contributed by atoms with Crippen LogP contribution in [0.2, 0.25) is 0 Å². The van der Waals surface area contributed by atoms with Crippen LogP contribution in [0.15, 0.2) is 168 Å². The maximum absolute atomic E-state index is 12.9. The van der Waals surface area contributed by atoms with Gasteiger partial charge in [-0.05, 0) is 62.4 Å². The molecule has 0 spiro atoms. The number of ether oxygens (including phenoxy) is 2. The topological polar surface area (TPSA) is 158 Å². The van der Waals surface area contributed by atoms with Gasteiger partial charge in [0.15, 0.2) is 11.6 Å². The van der Waals surface area contributed by atoms with Crippen molar-refractivity contribution in [3.8, 4) is 11.5 Å².